The molecule has 0 aromatic heterocycles. The van der Waals surface area contributed by atoms with E-state index in [4.69, 9.17) is 30.8 Å². The van der Waals surface area contributed by atoms with E-state index in [1.165, 1.54) is 18.9 Å². The van der Waals surface area contributed by atoms with Gasteiger partial charge in [-0.15, -0.1) is 0 Å². The number of ether oxygens (including phenoxy) is 3. The van der Waals surface area contributed by atoms with Crippen LogP contribution in [-0.4, -0.2) is 30.2 Å². The first kappa shape index (κ1) is 28.8. The quantitative estimate of drug-likeness (QED) is 0.185. The molecule has 0 spiro atoms. The molecule has 0 N–H and O–H groups in total. The van der Waals surface area contributed by atoms with Gasteiger partial charge in [0.05, 0.1) is 48.0 Å². The Morgan fingerprint density at radius 2 is 1.71 bits per heavy atom. The van der Waals surface area contributed by atoms with Gasteiger partial charge in [0.1, 0.15) is 12.4 Å². The van der Waals surface area contributed by atoms with Gasteiger partial charge < -0.3 is 14.2 Å². The van der Waals surface area contributed by atoms with Gasteiger partial charge in [-0.2, -0.15) is 5.26 Å². The van der Waals surface area contributed by atoms with Crippen molar-refractivity contribution in [3.8, 4) is 23.3 Å². The van der Waals surface area contributed by atoms with Gasteiger partial charge in [0.15, 0.2) is 16.7 Å². The number of aliphatic imine (C=N–C) groups is 1. The van der Waals surface area contributed by atoms with Gasteiger partial charge in [-0.1, -0.05) is 60.1 Å². The summed E-state index contributed by atoms with van der Waals surface area (Å²) in [5.41, 5.74) is 3.62. The van der Waals surface area contributed by atoms with Gasteiger partial charge in [0.2, 0.25) is 0 Å². The van der Waals surface area contributed by atoms with E-state index < -0.39 is 0 Å². The summed E-state index contributed by atoms with van der Waals surface area (Å²) in [6, 6.07) is 30.0. The highest BCUT2D eigenvalue weighted by Gasteiger charge is 2.33. The van der Waals surface area contributed by atoms with E-state index in [2.05, 4.69) is 6.07 Å². The van der Waals surface area contributed by atoms with E-state index in [-0.39, 0.29) is 12.5 Å². The number of rotatable bonds is 9. The average molecular weight is 596 g/mol. The van der Waals surface area contributed by atoms with Crippen LogP contribution in [0.4, 0.5) is 5.69 Å². The lowest BCUT2D eigenvalue weighted by atomic mass is 10.1. The zero-order valence-corrected chi connectivity index (χ0v) is 24.5. The highest BCUT2D eigenvalue weighted by atomic mass is 35.5. The molecule has 4 aromatic carbocycles. The van der Waals surface area contributed by atoms with Crippen LogP contribution >= 0.6 is 23.4 Å². The van der Waals surface area contributed by atoms with Crippen LogP contribution in [0.2, 0.25) is 5.02 Å². The van der Waals surface area contributed by atoms with Crippen LogP contribution in [0.15, 0.2) is 101 Å². The summed E-state index contributed by atoms with van der Waals surface area (Å²) in [4.78, 5) is 20.6. The summed E-state index contributed by atoms with van der Waals surface area (Å²) in [5.74, 6) is 1.33. The second-order valence-electron chi connectivity index (χ2n) is 9.17. The van der Waals surface area contributed by atoms with Crippen LogP contribution < -0.4 is 14.2 Å². The first-order valence-corrected chi connectivity index (χ1v) is 14.1. The molecule has 4 aromatic rings. The molecule has 0 saturated carbocycles. The van der Waals surface area contributed by atoms with Crippen molar-refractivity contribution in [2.75, 3.05) is 14.2 Å². The molecule has 0 aliphatic carbocycles. The van der Waals surface area contributed by atoms with Crippen LogP contribution in [0, 0.1) is 11.3 Å². The summed E-state index contributed by atoms with van der Waals surface area (Å²) in [6.45, 7) is 0.494. The topological polar surface area (TPSA) is 84.1 Å². The Balaban J connectivity index is 1.43. The van der Waals surface area contributed by atoms with Crippen LogP contribution in [0.3, 0.4) is 0 Å². The molecule has 0 atom stereocenters. The van der Waals surface area contributed by atoms with Crippen LogP contribution in [0.5, 0.6) is 17.2 Å². The molecule has 1 aliphatic heterocycles. The monoisotopic (exact) mass is 595 g/mol. The highest BCUT2D eigenvalue weighted by Crippen LogP contribution is 2.40. The molecule has 210 valence electrons. The van der Waals surface area contributed by atoms with E-state index in [0.717, 1.165) is 22.6 Å². The predicted molar refractivity (Wildman–Crippen MR) is 166 cm³/mol. The lowest BCUT2D eigenvalue weighted by Gasteiger charge is -2.16. The zero-order chi connectivity index (χ0) is 29.5. The summed E-state index contributed by atoms with van der Waals surface area (Å²) in [6.07, 6.45) is 1.77. The summed E-state index contributed by atoms with van der Waals surface area (Å²) < 4.78 is 16.8. The van der Waals surface area contributed by atoms with Crippen molar-refractivity contribution < 1.29 is 19.0 Å². The fourth-order valence-electron chi connectivity index (χ4n) is 4.28. The third-order valence-electron chi connectivity index (χ3n) is 6.43. The van der Waals surface area contributed by atoms with Gasteiger partial charge in [0.25, 0.3) is 5.91 Å². The number of methoxy groups -OCH3 is 2. The lowest BCUT2D eigenvalue weighted by Crippen LogP contribution is -2.28. The second kappa shape index (κ2) is 13.3. The maximum Gasteiger partial charge on any atom is 0.267 e. The van der Waals surface area contributed by atoms with Crippen molar-refractivity contribution in [3.05, 3.63) is 123 Å². The van der Waals surface area contributed by atoms with E-state index >= 15 is 0 Å². The molecule has 5 rings (SSSR count). The first-order valence-electron chi connectivity index (χ1n) is 13.0. The molecule has 1 aliphatic rings. The molecule has 1 fully saturated rings. The maximum absolute atomic E-state index is 13.7. The molecule has 1 heterocycles. The minimum Gasteiger partial charge on any atom is -0.497 e. The van der Waals surface area contributed by atoms with Crippen LogP contribution in [0.25, 0.3) is 6.08 Å². The first-order chi connectivity index (χ1) is 20.5. The number of benzene rings is 4. The molecule has 0 unspecified atom stereocenters. The Labute approximate surface area is 253 Å². The number of carbonyl (C=O) groups excluding carboxylic acids is 1. The van der Waals surface area contributed by atoms with Gasteiger partial charge in [0, 0.05) is 5.56 Å². The van der Waals surface area contributed by atoms with Crippen molar-refractivity contribution >= 4 is 46.2 Å². The predicted octanol–water partition coefficient (Wildman–Crippen LogP) is 7.61. The number of amides is 1. The lowest BCUT2D eigenvalue weighted by molar-refractivity contribution is -0.122. The highest BCUT2D eigenvalue weighted by molar-refractivity contribution is 8.18. The number of nitriles is 1. The van der Waals surface area contributed by atoms with Crippen molar-refractivity contribution in [3.63, 3.8) is 0 Å². The molecule has 0 bridgehead atoms. The van der Waals surface area contributed by atoms with Crippen LogP contribution in [0.1, 0.15) is 22.3 Å². The molecule has 1 amide bonds. The number of amidine groups is 1. The number of thioether (sulfide) groups is 1. The largest absolute Gasteiger partial charge is 0.497 e. The standard InChI is InChI=1S/C33H26ClN3O4S/c1-39-27-14-12-22(13-15-27)20-37-32(38)30(42-33(37)36-26-10-4-3-5-11-26)18-23-16-28(34)31(29(17-23)40-2)41-21-25-9-7-6-8-24(25)19-35/h3-18H,20-21H2,1-2H3/b30-18-,36-33?. The maximum atomic E-state index is 13.7. The van der Waals surface area contributed by atoms with E-state index in [0.29, 0.717) is 44.3 Å². The van der Waals surface area contributed by atoms with Gasteiger partial charge in [-0.3, -0.25) is 9.69 Å². The molecule has 7 nitrogen and oxygen atoms in total. The summed E-state index contributed by atoms with van der Waals surface area (Å²) in [7, 11) is 3.14. The zero-order valence-electron chi connectivity index (χ0n) is 22.9. The summed E-state index contributed by atoms with van der Waals surface area (Å²) >= 11 is 7.93. The number of hydrogen-bond acceptors (Lipinski definition) is 7. The van der Waals surface area contributed by atoms with E-state index in [1.807, 2.05) is 66.7 Å². The number of halogens is 1. The number of hydrogen-bond donors (Lipinski definition) is 0. The van der Waals surface area contributed by atoms with Gasteiger partial charge in [-0.05, 0) is 71.4 Å². The fraction of sp³-hybridized carbons (Fsp3) is 0.121. The number of para-hydroxylation sites is 1. The Morgan fingerprint density at radius 1 is 0.976 bits per heavy atom. The van der Waals surface area contributed by atoms with Crippen LogP contribution in [-0.2, 0) is 17.9 Å². The minimum atomic E-state index is -0.172. The third-order valence-corrected chi connectivity index (χ3v) is 7.72. The Morgan fingerprint density at radius 3 is 2.43 bits per heavy atom. The average Bonchev–Trinajstić information content (AvgIpc) is 3.29. The van der Waals surface area contributed by atoms with Crippen molar-refractivity contribution in [1.82, 2.24) is 4.90 Å². The molecule has 42 heavy (non-hydrogen) atoms. The van der Waals surface area contributed by atoms with E-state index in [9.17, 15) is 10.1 Å². The Hall–Kier alpha value is -4.71. The SMILES string of the molecule is COc1ccc(CN2C(=O)/C(=C/c3cc(Cl)c(OCc4ccccc4C#N)c(OC)c3)SC2=Nc2ccccc2)cc1. The number of carbonyl (C=O) groups is 1. The van der Waals surface area contributed by atoms with Crippen molar-refractivity contribution in [2.45, 2.75) is 13.2 Å². The third kappa shape index (κ3) is 6.60. The molecule has 1 saturated heterocycles. The minimum absolute atomic E-state index is 0.147. The molecule has 9 heteroatoms. The summed E-state index contributed by atoms with van der Waals surface area (Å²) in [5, 5.41) is 10.3. The molecular formula is C33H26ClN3O4S. The smallest absolute Gasteiger partial charge is 0.267 e. The fourth-order valence-corrected chi connectivity index (χ4v) is 5.55. The Bertz CT molecular complexity index is 1700. The molecule has 0 radical (unpaired) electrons. The second-order valence-corrected chi connectivity index (χ2v) is 10.6. The van der Waals surface area contributed by atoms with Crippen molar-refractivity contribution in [2.24, 2.45) is 4.99 Å². The normalized spacial score (nSPS) is 14.7. The van der Waals surface area contributed by atoms with Gasteiger partial charge >= 0.3 is 0 Å². The van der Waals surface area contributed by atoms with Gasteiger partial charge in [-0.25, -0.2) is 4.99 Å². The van der Waals surface area contributed by atoms with Crippen molar-refractivity contribution in [1.29, 1.82) is 5.26 Å². The van der Waals surface area contributed by atoms with E-state index in [1.54, 1.807) is 42.4 Å². The number of nitrogens with zero attached hydrogens (tertiary/aromatic N) is 3. The molecular weight excluding hydrogens is 570 g/mol. The Kier molecular flexibility index (Phi) is 9.12.